The molecule has 0 saturated heterocycles. The van der Waals surface area contributed by atoms with Crippen LogP contribution in [0, 0.1) is 0 Å². The quantitative estimate of drug-likeness (QED) is 0.794. The first-order chi connectivity index (χ1) is 10.9. The molecule has 0 atom stereocenters. The second-order valence-electron chi connectivity index (χ2n) is 5.08. The smallest absolute Gasteiger partial charge is 0.299 e. The average molecular weight is 350 g/mol. The van der Waals surface area contributed by atoms with Gasteiger partial charge in [0, 0.05) is 11.6 Å². The lowest BCUT2D eigenvalue weighted by atomic mass is 10.1. The Balaban J connectivity index is 1.85. The number of hydrogen-bond acceptors (Lipinski definition) is 4. The van der Waals surface area contributed by atoms with E-state index in [1.54, 1.807) is 30.3 Å². The predicted molar refractivity (Wildman–Crippen MR) is 86.6 cm³/mol. The molecule has 1 amide bonds. The van der Waals surface area contributed by atoms with Gasteiger partial charge in [0.15, 0.2) is 9.84 Å². The molecule has 2 aromatic rings. The SMILES string of the molecule is O=C1C(=O)N(CCS(=O)(=O)c2ccccc2)c2ccc(Cl)cc21. The van der Waals surface area contributed by atoms with E-state index in [0.717, 1.165) is 0 Å². The van der Waals surface area contributed by atoms with Crippen molar-refractivity contribution in [3.05, 3.63) is 59.1 Å². The molecule has 1 aliphatic rings. The van der Waals surface area contributed by atoms with E-state index >= 15 is 0 Å². The third kappa shape index (κ3) is 2.87. The lowest BCUT2D eigenvalue weighted by molar-refractivity contribution is -0.114. The Morgan fingerprint density at radius 1 is 1.00 bits per heavy atom. The molecule has 23 heavy (non-hydrogen) atoms. The Morgan fingerprint density at radius 3 is 2.39 bits per heavy atom. The standard InChI is InChI=1S/C16H12ClNO4S/c17-11-6-7-14-13(10-11)15(19)16(20)18(14)8-9-23(21,22)12-4-2-1-3-5-12/h1-7,10H,8-9H2. The second kappa shape index (κ2) is 5.79. The number of benzene rings is 2. The summed E-state index contributed by atoms with van der Waals surface area (Å²) in [6, 6.07) is 12.5. The molecular weight excluding hydrogens is 338 g/mol. The van der Waals surface area contributed by atoms with E-state index in [1.807, 2.05) is 0 Å². The van der Waals surface area contributed by atoms with E-state index in [2.05, 4.69) is 0 Å². The van der Waals surface area contributed by atoms with E-state index in [1.165, 1.54) is 23.1 Å². The first-order valence-electron chi connectivity index (χ1n) is 6.84. The van der Waals surface area contributed by atoms with Gasteiger partial charge in [-0.15, -0.1) is 0 Å². The third-order valence-corrected chi connectivity index (χ3v) is 5.56. The highest BCUT2D eigenvalue weighted by Crippen LogP contribution is 2.31. The van der Waals surface area contributed by atoms with Crippen molar-refractivity contribution < 1.29 is 18.0 Å². The van der Waals surface area contributed by atoms with Crippen LogP contribution in [-0.2, 0) is 14.6 Å². The Kier molecular flexibility index (Phi) is 3.95. The largest absolute Gasteiger partial charge is 0.304 e. The number of halogens is 1. The van der Waals surface area contributed by atoms with Crippen molar-refractivity contribution in [2.75, 3.05) is 17.2 Å². The monoisotopic (exact) mass is 349 g/mol. The van der Waals surface area contributed by atoms with Crippen molar-refractivity contribution in [1.82, 2.24) is 0 Å². The zero-order chi connectivity index (χ0) is 16.6. The predicted octanol–water partition coefficient (Wildman–Crippen LogP) is 2.34. The Labute approximate surface area is 138 Å². The lowest BCUT2D eigenvalue weighted by Crippen LogP contribution is -2.34. The number of Topliss-reactive ketones (excluding diaryl/α,β-unsaturated/α-hetero) is 1. The number of amides is 1. The molecule has 2 aromatic carbocycles. The van der Waals surface area contributed by atoms with Gasteiger partial charge in [-0.05, 0) is 30.3 Å². The number of anilines is 1. The van der Waals surface area contributed by atoms with Crippen molar-refractivity contribution in [2.24, 2.45) is 0 Å². The fraction of sp³-hybridized carbons (Fsp3) is 0.125. The Bertz CT molecular complexity index is 894. The Hall–Kier alpha value is -2.18. The molecule has 0 radical (unpaired) electrons. The summed E-state index contributed by atoms with van der Waals surface area (Å²) in [5.74, 6) is -1.66. The van der Waals surface area contributed by atoms with Crippen LogP contribution >= 0.6 is 11.6 Å². The van der Waals surface area contributed by atoms with Crippen molar-refractivity contribution in [3.8, 4) is 0 Å². The van der Waals surface area contributed by atoms with Gasteiger partial charge in [0.2, 0.25) is 0 Å². The number of ketones is 1. The number of carbonyl (C=O) groups excluding carboxylic acids is 2. The van der Waals surface area contributed by atoms with Crippen LogP contribution in [-0.4, -0.2) is 32.4 Å². The summed E-state index contributed by atoms with van der Waals surface area (Å²) in [6.07, 6.45) is 0. The molecule has 0 N–H and O–H groups in total. The van der Waals surface area contributed by atoms with Gasteiger partial charge in [0.25, 0.3) is 11.7 Å². The molecule has 0 aliphatic carbocycles. The van der Waals surface area contributed by atoms with Crippen LogP contribution in [0.15, 0.2) is 53.4 Å². The summed E-state index contributed by atoms with van der Waals surface area (Å²) in [4.78, 5) is 25.4. The van der Waals surface area contributed by atoms with Crippen LogP contribution < -0.4 is 4.90 Å². The summed E-state index contributed by atoms with van der Waals surface area (Å²) in [5, 5.41) is 0.351. The van der Waals surface area contributed by atoms with Crippen molar-refractivity contribution in [2.45, 2.75) is 4.90 Å². The van der Waals surface area contributed by atoms with Crippen LogP contribution in [0.1, 0.15) is 10.4 Å². The molecule has 0 spiro atoms. The zero-order valence-electron chi connectivity index (χ0n) is 11.9. The summed E-state index contributed by atoms with van der Waals surface area (Å²) in [5.41, 5.74) is 0.604. The molecular formula is C16H12ClNO4S. The van der Waals surface area contributed by atoms with Gasteiger partial charge in [-0.1, -0.05) is 29.8 Å². The molecule has 0 aromatic heterocycles. The van der Waals surface area contributed by atoms with Crippen LogP contribution in [0.25, 0.3) is 0 Å². The maximum Gasteiger partial charge on any atom is 0.299 e. The normalized spacial score (nSPS) is 14.2. The summed E-state index contributed by atoms with van der Waals surface area (Å²) >= 11 is 5.84. The molecule has 5 nitrogen and oxygen atoms in total. The maximum atomic E-state index is 12.3. The fourth-order valence-electron chi connectivity index (χ4n) is 2.45. The van der Waals surface area contributed by atoms with E-state index in [4.69, 9.17) is 11.6 Å². The molecule has 0 bridgehead atoms. The Morgan fingerprint density at radius 2 is 1.70 bits per heavy atom. The number of sulfone groups is 1. The summed E-state index contributed by atoms with van der Waals surface area (Å²) in [6.45, 7) is -0.0869. The zero-order valence-corrected chi connectivity index (χ0v) is 13.5. The molecule has 0 saturated carbocycles. The molecule has 7 heteroatoms. The summed E-state index contributed by atoms with van der Waals surface area (Å²) < 4.78 is 24.6. The van der Waals surface area contributed by atoms with Crippen LogP contribution in [0.5, 0.6) is 0 Å². The highest BCUT2D eigenvalue weighted by Gasteiger charge is 2.36. The molecule has 1 aliphatic heterocycles. The van der Waals surface area contributed by atoms with Gasteiger partial charge in [-0.3, -0.25) is 9.59 Å². The first kappa shape index (κ1) is 15.7. The van der Waals surface area contributed by atoms with Gasteiger partial charge >= 0.3 is 0 Å². The van der Waals surface area contributed by atoms with E-state index < -0.39 is 21.5 Å². The first-order valence-corrected chi connectivity index (χ1v) is 8.87. The maximum absolute atomic E-state index is 12.3. The van der Waals surface area contributed by atoms with Gasteiger partial charge < -0.3 is 4.90 Å². The molecule has 0 unspecified atom stereocenters. The van der Waals surface area contributed by atoms with E-state index in [0.29, 0.717) is 10.7 Å². The van der Waals surface area contributed by atoms with Crippen molar-refractivity contribution >= 4 is 38.8 Å². The second-order valence-corrected chi connectivity index (χ2v) is 7.62. The number of nitrogens with zero attached hydrogens (tertiary/aromatic N) is 1. The minimum absolute atomic E-state index is 0.0869. The van der Waals surface area contributed by atoms with Gasteiger partial charge in [-0.2, -0.15) is 0 Å². The van der Waals surface area contributed by atoms with E-state index in [9.17, 15) is 18.0 Å². The van der Waals surface area contributed by atoms with Gasteiger partial charge in [0.1, 0.15) is 0 Å². The van der Waals surface area contributed by atoms with Crippen LogP contribution in [0.3, 0.4) is 0 Å². The molecule has 3 rings (SSSR count). The topological polar surface area (TPSA) is 71.5 Å². The van der Waals surface area contributed by atoms with E-state index in [-0.39, 0.29) is 22.8 Å². The van der Waals surface area contributed by atoms with Crippen molar-refractivity contribution in [3.63, 3.8) is 0 Å². The fourth-order valence-corrected chi connectivity index (χ4v) is 3.85. The van der Waals surface area contributed by atoms with Gasteiger partial charge in [-0.25, -0.2) is 8.42 Å². The highest BCUT2D eigenvalue weighted by molar-refractivity contribution is 7.91. The minimum atomic E-state index is -3.53. The minimum Gasteiger partial charge on any atom is -0.304 e. The number of rotatable bonds is 4. The molecule has 1 heterocycles. The van der Waals surface area contributed by atoms with Crippen molar-refractivity contribution in [1.29, 1.82) is 0 Å². The van der Waals surface area contributed by atoms with Gasteiger partial charge in [0.05, 0.1) is 21.9 Å². The number of carbonyl (C=O) groups is 2. The lowest BCUT2D eigenvalue weighted by Gasteiger charge is -2.16. The average Bonchev–Trinajstić information content (AvgIpc) is 2.78. The molecule has 0 fully saturated rings. The number of fused-ring (bicyclic) bond motifs is 1. The summed E-state index contributed by atoms with van der Waals surface area (Å²) in [7, 11) is -3.53. The molecule has 118 valence electrons. The highest BCUT2D eigenvalue weighted by atomic mass is 35.5. The van der Waals surface area contributed by atoms with Crippen LogP contribution in [0.4, 0.5) is 5.69 Å². The van der Waals surface area contributed by atoms with Crippen LogP contribution in [0.2, 0.25) is 5.02 Å². The third-order valence-electron chi connectivity index (χ3n) is 3.62. The number of hydrogen-bond donors (Lipinski definition) is 0.